The van der Waals surface area contributed by atoms with E-state index in [1.165, 1.54) is 6.20 Å². The van der Waals surface area contributed by atoms with E-state index < -0.39 is 13.7 Å². The second-order valence-electron chi connectivity index (χ2n) is 9.13. The SMILES string of the molecule is [2H]C([2H])([2H])c1cnc(-n2c3ccccc3c3ccc(O)cc32)c(C([2H])([2H])[2H])c1-c1ccc(C(C)(C)C)cc1. The Morgan fingerprint density at radius 2 is 1.62 bits per heavy atom. The van der Waals surface area contributed by atoms with Gasteiger partial charge in [-0.15, -0.1) is 0 Å². The molecule has 3 nitrogen and oxygen atoms in total. The number of phenolic OH excluding ortho intramolecular Hbond substituents is 1. The smallest absolute Gasteiger partial charge is 0.141 e. The first-order valence-electron chi connectivity index (χ1n) is 13.6. The van der Waals surface area contributed by atoms with Crippen molar-refractivity contribution in [3.05, 3.63) is 89.6 Å². The van der Waals surface area contributed by atoms with Crippen LogP contribution < -0.4 is 0 Å². The Bertz CT molecular complexity index is 1670. The fourth-order valence-corrected chi connectivity index (χ4v) is 4.29. The van der Waals surface area contributed by atoms with Crippen molar-refractivity contribution in [1.82, 2.24) is 9.55 Å². The van der Waals surface area contributed by atoms with Gasteiger partial charge in [-0.05, 0) is 59.6 Å². The number of nitrogens with zero attached hydrogens (tertiary/aromatic N) is 2. The minimum Gasteiger partial charge on any atom is -0.508 e. The zero-order valence-corrected chi connectivity index (χ0v) is 18.3. The molecule has 0 fully saturated rings. The number of fused-ring (bicyclic) bond motifs is 3. The molecule has 0 aliphatic carbocycles. The van der Waals surface area contributed by atoms with Crippen molar-refractivity contribution in [3.63, 3.8) is 0 Å². The number of aromatic hydroxyl groups is 1. The number of hydrogen-bond donors (Lipinski definition) is 1. The number of rotatable bonds is 2. The number of hydrogen-bond acceptors (Lipinski definition) is 2. The molecule has 0 bridgehead atoms. The van der Waals surface area contributed by atoms with Crippen molar-refractivity contribution in [3.8, 4) is 22.7 Å². The fraction of sp³-hybridized carbons (Fsp3) is 0.207. The maximum atomic E-state index is 10.3. The first kappa shape index (κ1) is 14.5. The molecule has 5 aromatic rings. The third-order valence-corrected chi connectivity index (χ3v) is 5.97. The van der Waals surface area contributed by atoms with Crippen molar-refractivity contribution in [2.24, 2.45) is 0 Å². The molecule has 5 rings (SSSR count). The molecule has 0 saturated carbocycles. The van der Waals surface area contributed by atoms with Crippen molar-refractivity contribution < 1.29 is 13.3 Å². The molecule has 160 valence electrons. The van der Waals surface area contributed by atoms with Crippen LogP contribution in [0.1, 0.15) is 45.7 Å². The van der Waals surface area contributed by atoms with E-state index in [2.05, 4.69) is 25.8 Å². The normalized spacial score (nSPS) is 15.6. The first-order valence-corrected chi connectivity index (χ1v) is 10.6. The van der Waals surface area contributed by atoms with Gasteiger partial charge in [0, 0.05) is 36.8 Å². The lowest BCUT2D eigenvalue weighted by atomic mass is 9.85. The van der Waals surface area contributed by atoms with Crippen molar-refractivity contribution in [2.45, 2.75) is 39.9 Å². The summed E-state index contributed by atoms with van der Waals surface area (Å²) >= 11 is 0. The highest BCUT2D eigenvalue weighted by atomic mass is 16.3. The summed E-state index contributed by atoms with van der Waals surface area (Å²) in [6, 6.07) is 19.8. The number of benzene rings is 3. The molecule has 0 saturated heterocycles. The highest BCUT2D eigenvalue weighted by molar-refractivity contribution is 6.09. The van der Waals surface area contributed by atoms with Gasteiger partial charge in [-0.2, -0.15) is 0 Å². The molecule has 0 amide bonds. The maximum absolute atomic E-state index is 10.3. The van der Waals surface area contributed by atoms with Gasteiger partial charge in [0.15, 0.2) is 0 Å². The lowest BCUT2D eigenvalue weighted by Crippen LogP contribution is -2.10. The van der Waals surface area contributed by atoms with Gasteiger partial charge in [0.1, 0.15) is 11.6 Å². The van der Waals surface area contributed by atoms with E-state index in [1.807, 2.05) is 36.4 Å². The van der Waals surface area contributed by atoms with Crippen molar-refractivity contribution in [2.75, 3.05) is 0 Å². The number of aromatic nitrogens is 2. The van der Waals surface area contributed by atoms with Gasteiger partial charge in [0.25, 0.3) is 0 Å². The Labute approximate surface area is 197 Å². The van der Waals surface area contributed by atoms with Crippen LogP contribution in [0.5, 0.6) is 5.75 Å². The standard InChI is InChI=1S/C29H28N2O/c1-18-17-30-28(19(2)27(18)20-10-12-21(13-11-20)29(3,4)5)31-25-9-7-6-8-23(25)24-15-14-22(32)16-26(24)31/h6-17,32H,1-5H3/i1D3,2D3. The van der Waals surface area contributed by atoms with Gasteiger partial charge >= 0.3 is 0 Å². The number of phenols is 1. The second-order valence-corrected chi connectivity index (χ2v) is 9.13. The Kier molecular flexibility index (Phi) is 3.27. The van der Waals surface area contributed by atoms with E-state index in [4.69, 9.17) is 8.22 Å². The molecule has 0 radical (unpaired) electrons. The third-order valence-electron chi connectivity index (χ3n) is 5.97. The number of aryl methyl sites for hydroxylation is 1. The molecule has 2 heterocycles. The van der Waals surface area contributed by atoms with Crippen LogP contribution in [0.2, 0.25) is 0 Å². The van der Waals surface area contributed by atoms with Crippen molar-refractivity contribution in [1.29, 1.82) is 0 Å². The summed E-state index contributed by atoms with van der Waals surface area (Å²) in [4.78, 5) is 4.49. The van der Waals surface area contributed by atoms with Gasteiger partial charge in [0.05, 0.1) is 11.0 Å². The van der Waals surface area contributed by atoms with Crippen molar-refractivity contribution >= 4 is 21.8 Å². The predicted octanol–water partition coefficient (Wildman–Crippen LogP) is 7.47. The maximum Gasteiger partial charge on any atom is 0.141 e. The van der Waals surface area contributed by atoms with E-state index in [-0.39, 0.29) is 33.7 Å². The van der Waals surface area contributed by atoms with Crippen LogP contribution in [-0.4, -0.2) is 14.7 Å². The zero-order valence-electron chi connectivity index (χ0n) is 24.3. The summed E-state index contributed by atoms with van der Waals surface area (Å²) in [6.45, 7) is 0.933. The monoisotopic (exact) mass is 426 g/mol. The van der Waals surface area contributed by atoms with Crippen LogP contribution in [0, 0.1) is 13.7 Å². The molecule has 2 aromatic heterocycles. The predicted molar refractivity (Wildman–Crippen MR) is 134 cm³/mol. The summed E-state index contributed by atoms with van der Waals surface area (Å²) in [5, 5.41) is 12.0. The third kappa shape index (κ3) is 3.16. The van der Waals surface area contributed by atoms with Gasteiger partial charge < -0.3 is 5.11 Å². The van der Waals surface area contributed by atoms with E-state index in [0.29, 0.717) is 16.6 Å². The molecule has 3 heteroatoms. The van der Waals surface area contributed by atoms with Crippen LogP contribution in [-0.2, 0) is 5.41 Å². The van der Waals surface area contributed by atoms with Crippen LogP contribution in [0.4, 0.5) is 0 Å². The molecular formula is C29H28N2O. The van der Waals surface area contributed by atoms with Gasteiger partial charge in [-0.1, -0.05) is 63.2 Å². The van der Waals surface area contributed by atoms with Gasteiger partial charge in [-0.25, -0.2) is 4.98 Å². The Hall–Kier alpha value is -3.59. The van der Waals surface area contributed by atoms with Crippen LogP contribution in [0.3, 0.4) is 0 Å². The largest absolute Gasteiger partial charge is 0.508 e. The highest BCUT2D eigenvalue weighted by Gasteiger charge is 2.19. The Morgan fingerprint density at radius 3 is 2.34 bits per heavy atom. The van der Waals surface area contributed by atoms with Gasteiger partial charge in [-0.3, -0.25) is 4.57 Å². The second kappa shape index (κ2) is 7.23. The van der Waals surface area contributed by atoms with Gasteiger partial charge in [0.2, 0.25) is 0 Å². The molecule has 3 aromatic carbocycles. The molecule has 0 spiro atoms. The minimum absolute atomic E-state index is 0.0223. The van der Waals surface area contributed by atoms with E-state index >= 15 is 0 Å². The average molecular weight is 427 g/mol. The molecule has 0 atom stereocenters. The molecule has 32 heavy (non-hydrogen) atoms. The van der Waals surface area contributed by atoms with Crippen LogP contribution in [0.25, 0.3) is 38.8 Å². The molecule has 0 aliphatic rings. The number of pyridine rings is 1. The molecule has 0 aliphatic heterocycles. The van der Waals surface area contributed by atoms with E-state index in [9.17, 15) is 5.11 Å². The lowest BCUT2D eigenvalue weighted by molar-refractivity contribution is 0.476. The Morgan fingerprint density at radius 1 is 0.875 bits per heavy atom. The molecule has 1 N–H and O–H groups in total. The summed E-state index contributed by atoms with van der Waals surface area (Å²) in [5.41, 5.74) is 2.51. The van der Waals surface area contributed by atoms with Crippen LogP contribution in [0.15, 0.2) is 72.9 Å². The summed E-state index contributed by atoms with van der Waals surface area (Å²) in [6.07, 6.45) is 1.26. The zero-order chi connectivity index (χ0) is 27.6. The summed E-state index contributed by atoms with van der Waals surface area (Å²) in [7, 11) is 0. The van der Waals surface area contributed by atoms with E-state index in [1.54, 1.807) is 34.9 Å². The molecular weight excluding hydrogens is 392 g/mol. The highest BCUT2D eigenvalue weighted by Crippen LogP contribution is 2.37. The summed E-state index contributed by atoms with van der Waals surface area (Å²) in [5.74, 6) is 0.124. The quantitative estimate of drug-likeness (QED) is 0.318. The lowest BCUT2D eigenvalue weighted by Gasteiger charge is -2.20. The molecule has 0 unspecified atom stereocenters. The van der Waals surface area contributed by atoms with E-state index in [0.717, 1.165) is 16.3 Å². The summed E-state index contributed by atoms with van der Waals surface area (Å²) < 4.78 is 52.0. The van der Waals surface area contributed by atoms with Crippen LogP contribution >= 0.6 is 0 Å². The Balaban J connectivity index is 1.94. The minimum atomic E-state index is -2.70. The average Bonchev–Trinajstić information content (AvgIpc) is 3.14. The topological polar surface area (TPSA) is 38.0 Å². The first-order chi connectivity index (χ1) is 17.7. The fourth-order valence-electron chi connectivity index (χ4n) is 4.29. The number of para-hydroxylation sites is 1.